The number of nitrogens with zero attached hydrogens (tertiary/aromatic N) is 2. The number of rotatable bonds is 6. The van der Waals surface area contributed by atoms with Crippen LogP contribution in [0.2, 0.25) is 0 Å². The number of alkyl halides is 3. The Morgan fingerprint density at radius 1 is 1.36 bits per heavy atom. The van der Waals surface area contributed by atoms with Gasteiger partial charge in [-0.2, -0.15) is 13.2 Å². The van der Waals surface area contributed by atoms with Crippen molar-refractivity contribution < 1.29 is 13.2 Å². The van der Waals surface area contributed by atoms with Gasteiger partial charge in [-0.15, -0.1) is 0 Å². The Balaban J connectivity index is 2.09. The van der Waals surface area contributed by atoms with Gasteiger partial charge in [0.25, 0.3) is 0 Å². The monoisotopic (exact) mass is 426 g/mol. The first-order valence-corrected chi connectivity index (χ1v) is 8.67. The normalized spacial score (nSPS) is 20.0. The van der Waals surface area contributed by atoms with Crippen molar-refractivity contribution in [3.63, 3.8) is 0 Å². The third kappa shape index (κ3) is 5.09. The maximum atomic E-state index is 12.8. The Labute approximate surface area is 144 Å². The summed E-state index contributed by atoms with van der Waals surface area (Å²) in [5.41, 5.74) is 0.195. The van der Waals surface area contributed by atoms with Gasteiger partial charge in [-0.3, -0.25) is 4.90 Å². The molecule has 124 valence electrons. The summed E-state index contributed by atoms with van der Waals surface area (Å²) in [4.78, 5) is 2.34. The lowest BCUT2D eigenvalue weighted by Crippen LogP contribution is -2.36. The Kier molecular flexibility index (Phi) is 6.52. The first-order chi connectivity index (χ1) is 10.4. The summed E-state index contributed by atoms with van der Waals surface area (Å²) in [6.45, 7) is 5.72. The molecule has 0 N–H and O–H groups in total. The molecular weight excluding hydrogens is 404 g/mol. The second kappa shape index (κ2) is 7.97. The van der Waals surface area contributed by atoms with Gasteiger partial charge in [-0.1, -0.05) is 31.5 Å². The largest absolute Gasteiger partial charge is 0.416 e. The lowest BCUT2D eigenvalue weighted by atomic mass is 10.1. The predicted molar refractivity (Wildman–Crippen MR) is 90.8 cm³/mol. The molecular formula is C16H22F3IN2. The van der Waals surface area contributed by atoms with Crippen LogP contribution in [0.25, 0.3) is 0 Å². The molecule has 1 aliphatic heterocycles. The van der Waals surface area contributed by atoms with Gasteiger partial charge in [0.1, 0.15) is 0 Å². The molecule has 6 heteroatoms. The van der Waals surface area contributed by atoms with E-state index < -0.39 is 11.7 Å². The van der Waals surface area contributed by atoms with Gasteiger partial charge in [0, 0.05) is 48.5 Å². The summed E-state index contributed by atoms with van der Waals surface area (Å²) in [5, 5.41) is 0. The summed E-state index contributed by atoms with van der Waals surface area (Å²) in [6, 6.07) is 6.18. The molecule has 0 aromatic heterocycles. The molecule has 2 rings (SSSR count). The first-order valence-electron chi connectivity index (χ1n) is 7.71. The zero-order chi connectivity index (χ0) is 16.2. The standard InChI is InChI=1S/C16H22F3IN2/c1-2-3-8-21(15-7-9-22(20)12-15)11-13-5-4-6-14(10-13)16(17,18)19/h4-6,10,15H,2-3,7-9,11-12H2,1H3. The smallest absolute Gasteiger partial charge is 0.295 e. The van der Waals surface area contributed by atoms with Gasteiger partial charge in [0.2, 0.25) is 0 Å². The van der Waals surface area contributed by atoms with Crippen LogP contribution in [-0.4, -0.2) is 33.7 Å². The second-order valence-corrected chi connectivity index (χ2v) is 7.20. The lowest BCUT2D eigenvalue weighted by molar-refractivity contribution is -0.137. The van der Waals surface area contributed by atoms with Crippen molar-refractivity contribution in [2.24, 2.45) is 0 Å². The Morgan fingerprint density at radius 3 is 2.73 bits per heavy atom. The molecule has 1 heterocycles. The molecule has 0 amide bonds. The summed E-state index contributed by atoms with van der Waals surface area (Å²) in [5.74, 6) is 0. The van der Waals surface area contributed by atoms with Crippen molar-refractivity contribution in [2.45, 2.75) is 44.9 Å². The van der Waals surface area contributed by atoms with Crippen LogP contribution in [0.5, 0.6) is 0 Å². The zero-order valence-corrected chi connectivity index (χ0v) is 14.9. The van der Waals surface area contributed by atoms with E-state index in [1.165, 1.54) is 12.1 Å². The number of benzene rings is 1. The van der Waals surface area contributed by atoms with Gasteiger partial charge < -0.3 is 0 Å². The van der Waals surface area contributed by atoms with Crippen LogP contribution in [0.4, 0.5) is 13.2 Å². The number of hydrogen-bond acceptors (Lipinski definition) is 2. The average molecular weight is 426 g/mol. The highest BCUT2D eigenvalue weighted by Gasteiger charge is 2.31. The van der Waals surface area contributed by atoms with E-state index in [1.54, 1.807) is 6.07 Å². The van der Waals surface area contributed by atoms with Crippen LogP contribution in [0.3, 0.4) is 0 Å². The van der Waals surface area contributed by atoms with E-state index in [4.69, 9.17) is 0 Å². The summed E-state index contributed by atoms with van der Waals surface area (Å²) in [7, 11) is 0. The molecule has 0 radical (unpaired) electrons. The predicted octanol–water partition coefficient (Wildman–Crippen LogP) is 4.73. The van der Waals surface area contributed by atoms with E-state index in [-0.39, 0.29) is 0 Å². The van der Waals surface area contributed by atoms with E-state index in [2.05, 4.69) is 37.8 Å². The van der Waals surface area contributed by atoms with Crippen molar-refractivity contribution >= 4 is 22.9 Å². The molecule has 0 spiro atoms. The Bertz CT molecular complexity index is 479. The summed E-state index contributed by atoms with van der Waals surface area (Å²) < 4.78 is 40.8. The van der Waals surface area contributed by atoms with Gasteiger partial charge in [0.15, 0.2) is 0 Å². The van der Waals surface area contributed by atoms with Crippen LogP contribution < -0.4 is 0 Å². The fraction of sp³-hybridized carbons (Fsp3) is 0.625. The molecule has 1 aliphatic rings. The van der Waals surface area contributed by atoms with Crippen LogP contribution >= 0.6 is 22.9 Å². The van der Waals surface area contributed by atoms with Crippen LogP contribution in [-0.2, 0) is 12.7 Å². The highest BCUT2D eigenvalue weighted by atomic mass is 127. The third-order valence-corrected chi connectivity index (χ3v) is 4.95. The van der Waals surface area contributed by atoms with Crippen molar-refractivity contribution in [2.75, 3.05) is 19.6 Å². The van der Waals surface area contributed by atoms with Gasteiger partial charge >= 0.3 is 6.18 Å². The van der Waals surface area contributed by atoms with Crippen LogP contribution in [0.15, 0.2) is 24.3 Å². The van der Waals surface area contributed by atoms with E-state index in [1.807, 2.05) is 0 Å². The number of unbranched alkanes of at least 4 members (excludes halogenated alkanes) is 1. The second-order valence-electron chi connectivity index (χ2n) is 5.83. The van der Waals surface area contributed by atoms with E-state index in [0.717, 1.165) is 50.5 Å². The molecule has 0 bridgehead atoms. The molecule has 1 aromatic carbocycles. The molecule has 2 nitrogen and oxygen atoms in total. The van der Waals surface area contributed by atoms with Crippen molar-refractivity contribution in [3.8, 4) is 0 Å². The van der Waals surface area contributed by atoms with E-state index in [0.29, 0.717) is 12.6 Å². The first kappa shape index (κ1) is 18.0. The quantitative estimate of drug-likeness (QED) is 0.480. The van der Waals surface area contributed by atoms with Gasteiger partial charge in [0.05, 0.1) is 5.56 Å². The van der Waals surface area contributed by atoms with E-state index in [9.17, 15) is 13.2 Å². The maximum Gasteiger partial charge on any atom is 0.416 e. The van der Waals surface area contributed by atoms with Crippen molar-refractivity contribution in [3.05, 3.63) is 35.4 Å². The Hall–Kier alpha value is -0.340. The molecule has 1 aromatic rings. The third-order valence-electron chi connectivity index (χ3n) is 4.07. The van der Waals surface area contributed by atoms with Crippen LogP contribution in [0, 0.1) is 0 Å². The zero-order valence-electron chi connectivity index (χ0n) is 12.7. The van der Waals surface area contributed by atoms with Crippen molar-refractivity contribution in [1.82, 2.24) is 8.01 Å². The molecule has 0 saturated carbocycles. The SMILES string of the molecule is CCCCN(Cc1cccc(C(F)(F)F)c1)C1CCN(I)C1. The molecule has 0 aliphatic carbocycles. The lowest BCUT2D eigenvalue weighted by Gasteiger charge is -2.29. The highest BCUT2D eigenvalue weighted by molar-refractivity contribution is 14.1. The fourth-order valence-corrected chi connectivity index (χ4v) is 3.56. The minimum Gasteiger partial charge on any atom is -0.295 e. The maximum absolute atomic E-state index is 12.8. The average Bonchev–Trinajstić information content (AvgIpc) is 2.89. The number of halogens is 4. The topological polar surface area (TPSA) is 6.48 Å². The molecule has 1 atom stereocenters. The Morgan fingerprint density at radius 2 is 2.14 bits per heavy atom. The molecule has 1 saturated heterocycles. The molecule has 1 fully saturated rings. The van der Waals surface area contributed by atoms with Crippen molar-refractivity contribution in [1.29, 1.82) is 0 Å². The summed E-state index contributed by atoms with van der Waals surface area (Å²) >= 11 is 2.32. The van der Waals surface area contributed by atoms with Crippen LogP contribution in [0.1, 0.15) is 37.3 Å². The fourth-order valence-electron chi connectivity index (χ4n) is 2.83. The molecule has 1 unspecified atom stereocenters. The highest BCUT2D eigenvalue weighted by Crippen LogP contribution is 2.30. The van der Waals surface area contributed by atoms with Gasteiger partial charge in [-0.05, 0) is 31.0 Å². The van der Waals surface area contributed by atoms with Gasteiger partial charge in [-0.25, -0.2) is 3.11 Å². The van der Waals surface area contributed by atoms with E-state index >= 15 is 0 Å². The molecule has 22 heavy (non-hydrogen) atoms. The minimum atomic E-state index is -4.27. The minimum absolute atomic E-state index is 0.443. The summed E-state index contributed by atoms with van der Waals surface area (Å²) in [6.07, 6.45) is -1.00. The number of hydrogen-bond donors (Lipinski definition) is 0.